The van der Waals surface area contributed by atoms with E-state index in [9.17, 15) is 4.79 Å². The standard InChI is InChI=1S/C21H26N2O3S/c1-3-27-20-10-9-17(13-22-20)21(24)23(15-19-8-5-11-26-19)14-16-6-4-7-18(12-16)25-2/h4,6-7,9-10,12-13,19H,3,5,8,11,14-15H2,1-2H3. The summed E-state index contributed by atoms with van der Waals surface area (Å²) in [6.07, 6.45) is 3.82. The first-order chi connectivity index (χ1) is 13.2. The zero-order chi connectivity index (χ0) is 19.1. The SMILES string of the molecule is CCSc1ccc(C(=O)N(Cc2cccc(OC)c2)CC2CCCO2)cn1. The van der Waals surface area contributed by atoms with Crippen molar-refractivity contribution in [2.24, 2.45) is 0 Å². The highest BCUT2D eigenvalue weighted by Gasteiger charge is 2.24. The van der Waals surface area contributed by atoms with Gasteiger partial charge in [-0.2, -0.15) is 0 Å². The van der Waals surface area contributed by atoms with E-state index >= 15 is 0 Å². The molecule has 2 aromatic rings. The molecule has 3 rings (SSSR count). The predicted octanol–water partition coefficient (Wildman–Crippen LogP) is 4.02. The number of methoxy groups -OCH3 is 1. The molecule has 2 heterocycles. The van der Waals surface area contributed by atoms with Crippen LogP contribution in [0.25, 0.3) is 0 Å². The van der Waals surface area contributed by atoms with E-state index in [1.807, 2.05) is 41.3 Å². The Balaban J connectivity index is 1.78. The van der Waals surface area contributed by atoms with Gasteiger partial charge in [-0.1, -0.05) is 19.1 Å². The topological polar surface area (TPSA) is 51.7 Å². The molecular formula is C21H26N2O3S. The molecular weight excluding hydrogens is 360 g/mol. The summed E-state index contributed by atoms with van der Waals surface area (Å²) in [5, 5.41) is 0.938. The summed E-state index contributed by atoms with van der Waals surface area (Å²) >= 11 is 1.67. The van der Waals surface area contributed by atoms with Gasteiger partial charge in [-0.15, -0.1) is 11.8 Å². The fourth-order valence-corrected chi connectivity index (χ4v) is 3.75. The van der Waals surface area contributed by atoms with Gasteiger partial charge in [0.1, 0.15) is 5.75 Å². The number of carbonyl (C=O) groups is 1. The molecule has 0 bridgehead atoms. The molecule has 0 N–H and O–H groups in total. The third kappa shape index (κ3) is 5.47. The lowest BCUT2D eigenvalue weighted by atomic mass is 10.1. The van der Waals surface area contributed by atoms with Crippen LogP contribution < -0.4 is 4.74 Å². The second-order valence-corrected chi connectivity index (χ2v) is 7.77. The minimum atomic E-state index is -0.0196. The number of carbonyl (C=O) groups excluding carboxylic acids is 1. The van der Waals surface area contributed by atoms with E-state index in [1.165, 1.54) is 0 Å². The number of aromatic nitrogens is 1. The lowest BCUT2D eigenvalue weighted by Gasteiger charge is -2.26. The second-order valence-electron chi connectivity index (χ2n) is 6.49. The number of nitrogens with zero attached hydrogens (tertiary/aromatic N) is 2. The molecule has 1 amide bonds. The normalized spacial score (nSPS) is 16.3. The first-order valence-corrected chi connectivity index (χ1v) is 10.3. The van der Waals surface area contributed by atoms with Gasteiger partial charge in [0.25, 0.3) is 5.91 Å². The third-order valence-electron chi connectivity index (χ3n) is 4.52. The Morgan fingerprint density at radius 1 is 1.37 bits per heavy atom. The van der Waals surface area contributed by atoms with E-state index in [0.29, 0.717) is 18.7 Å². The van der Waals surface area contributed by atoms with Gasteiger partial charge < -0.3 is 14.4 Å². The van der Waals surface area contributed by atoms with Crippen LogP contribution in [0.1, 0.15) is 35.7 Å². The Labute approximate surface area is 165 Å². The monoisotopic (exact) mass is 386 g/mol. The zero-order valence-electron chi connectivity index (χ0n) is 15.9. The van der Waals surface area contributed by atoms with Crippen LogP contribution in [0.15, 0.2) is 47.6 Å². The summed E-state index contributed by atoms with van der Waals surface area (Å²) in [6.45, 7) is 3.96. The van der Waals surface area contributed by atoms with Crippen molar-refractivity contribution in [3.8, 4) is 5.75 Å². The molecule has 1 unspecified atom stereocenters. The number of hydrogen-bond acceptors (Lipinski definition) is 5. The van der Waals surface area contributed by atoms with Crippen molar-refractivity contribution >= 4 is 17.7 Å². The zero-order valence-corrected chi connectivity index (χ0v) is 16.7. The first-order valence-electron chi connectivity index (χ1n) is 9.32. The van der Waals surface area contributed by atoms with Crippen molar-refractivity contribution in [3.05, 3.63) is 53.7 Å². The number of amides is 1. The first kappa shape index (κ1) is 19.7. The fraction of sp³-hybridized carbons (Fsp3) is 0.429. The van der Waals surface area contributed by atoms with Crippen molar-refractivity contribution in [3.63, 3.8) is 0 Å². The van der Waals surface area contributed by atoms with Gasteiger partial charge >= 0.3 is 0 Å². The number of rotatable bonds is 8. The van der Waals surface area contributed by atoms with Gasteiger partial charge in [-0.25, -0.2) is 4.98 Å². The van der Waals surface area contributed by atoms with Gasteiger partial charge in [0, 0.05) is 25.9 Å². The summed E-state index contributed by atoms with van der Waals surface area (Å²) in [7, 11) is 1.65. The molecule has 1 aromatic heterocycles. The third-order valence-corrected chi connectivity index (χ3v) is 5.34. The summed E-state index contributed by atoms with van der Waals surface area (Å²) in [6, 6.07) is 11.6. The molecule has 27 heavy (non-hydrogen) atoms. The van der Waals surface area contributed by atoms with Crippen LogP contribution in [0.2, 0.25) is 0 Å². The average Bonchev–Trinajstić information content (AvgIpc) is 3.21. The molecule has 1 aliphatic heterocycles. The number of pyridine rings is 1. The Morgan fingerprint density at radius 2 is 2.26 bits per heavy atom. The molecule has 5 nitrogen and oxygen atoms in total. The molecule has 1 fully saturated rings. The Kier molecular flexibility index (Phi) is 7.12. The van der Waals surface area contributed by atoms with Crippen molar-refractivity contribution in [1.29, 1.82) is 0 Å². The molecule has 0 radical (unpaired) electrons. The molecule has 1 saturated heterocycles. The molecule has 1 atom stereocenters. The van der Waals surface area contributed by atoms with E-state index in [-0.39, 0.29) is 12.0 Å². The number of hydrogen-bond donors (Lipinski definition) is 0. The number of thioether (sulfide) groups is 1. The lowest BCUT2D eigenvalue weighted by Crippen LogP contribution is -2.37. The van der Waals surface area contributed by atoms with Crippen molar-refractivity contribution in [2.75, 3.05) is 26.0 Å². The summed E-state index contributed by atoms with van der Waals surface area (Å²) in [5.41, 5.74) is 1.64. The van der Waals surface area contributed by atoms with Crippen molar-refractivity contribution in [2.45, 2.75) is 37.4 Å². The van der Waals surface area contributed by atoms with Crippen LogP contribution in [0.3, 0.4) is 0 Å². The largest absolute Gasteiger partial charge is 0.497 e. The van der Waals surface area contributed by atoms with E-state index in [0.717, 1.165) is 41.5 Å². The molecule has 0 spiro atoms. The minimum Gasteiger partial charge on any atom is -0.497 e. The number of ether oxygens (including phenoxy) is 2. The predicted molar refractivity (Wildman–Crippen MR) is 107 cm³/mol. The highest BCUT2D eigenvalue weighted by Crippen LogP contribution is 2.20. The quantitative estimate of drug-likeness (QED) is 0.641. The Hall–Kier alpha value is -2.05. The van der Waals surface area contributed by atoms with Gasteiger partial charge in [-0.05, 0) is 48.4 Å². The Morgan fingerprint density at radius 3 is 2.93 bits per heavy atom. The number of benzene rings is 1. The molecule has 0 saturated carbocycles. The average molecular weight is 387 g/mol. The maximum atomic E-state index is 13.2. The molecule has 0 aliphatic carbocycles. The van der Waals surface area contributed by atoms with Gasteiger partial charge in [0.15, 0.2) is 0 Å². The van der Waals surface area contributed by atoms with Gasteiger partial charge in [0.05, 0.1) is 23.8 Å². The second kappa shape index (κ2) is 9.76. The highest BCUT2D eigenvalue weighted by atomic mass is 32.2. The van der Waals surface area contributed by atoms with Crippen LogP contribution in [0, 0.1) is 0 Å². The lowest BCUT2D eigenvalue weighted by molar-refractivity contribution is 0.0506. The van der Waals surface area contributed by atoms with E-state index in [4.69, 9.17) is 9.47 Å². The van der Waals surface area contributed by atoms with E-state index < -0.39 is 0 Å². The highest BCUT2D eigenvalue weighted by molar-refractivity contribution is 7.99. The smallest absolute Gasteiger partial charge is 0.255 e. The van der Waals surface area contributed by atoms with Crippen LogP contribution in [-0.2, 0) is 11.3 Å². The summed E-state index contributed by atoms with van der Waals surface area (Å²) < 4.78 is 11.1. The summed E-state index contributed by atoms with van der Waals surface area (Å²) in [5.74, 6) is 1.73. The maximum Gasteiger partial charge on any atom is 0.255 e. The van der Waals surface area contributed by atoms with E-state index in [2.05, 4.69) is 11.9 Å². The van der Waals surface area contributed by atoms with Gasteiger partial charge in [-0.3, -0.25) is 4.79 Å². The van der Waals surface area contributed by atoms with Crippen molar-refractivity contribution in [1.82, 2.24) is 9.88 Å². The van der Waals surface area contributed by atoms with Crippen LogP contribution in [-0.4, -0.2) is 47.9 Å². The maximum absolute atomic E-state index is 13.2. The summed E-state index contributed by atoms with van der Waals surface area (Å²) in [4.78, 5) is 19.4. The fourth-order valence-electron chi connectivity index (χ4n) is 3.17. The molecule has 144 valence electrons. The van der Waals surface area contributed by atoms with E-state index in [1.54, 1.807) is 25.1 Å². The Bertz CT molecular complexity index is 745. The van der Waals surface area contributed by atoms with Gasteiger partial charge in [0.2, 0.25) is 0 Å². The molecule has 1 aliphatic rings. The van der Waals surface area contributed by atoms with Crippen LogP contribution >= 0.6 is 11.8 Å². The van der Waals surface area contributed by atoms with Crippen LogP contribution in [0.4, 0.5) is 0 Å². The molecule has 1 aromatic carbocycles. The van der Waals surface area contributed by atoms with Crippen molar-refractivity contribution < 1.29 is 14.3 Å². The molecule has 6 heteroatoms. The van der Waals surface area contributed by atoms with Crippen LogP contribution in [0.5, 0.6) is 5.75 Å². The minimum absolute atomic E-state index is 0.0196.